The molecule has 0 unspecified atom stereocenters. The van der Waals surface area contributed by atoms with E-state index < -0.39 is 0 Å². The summed E-state index contributed by atoms with van der Waals surface area (Å²) in [5, 5.41) is 2.88. The zero-order valence-corrected chi connectivity index (χ0v) is 11.3. The van der Waals surface area contributed by atoms with Gasteiger partial charge in [0.15, 0.2) is 0 Å². The van der Waals surface area contributed by atoms with Gasteiger partial charge in [0, 0.05) is 24.4 Å². The minimum absolute atomic E-state index is 0.168. The van der Waals surface area contributed by atoms with Crippen LogP contribution in [0.4, 0.5) is 0 Å². The maximum atomic E-state index is 11.8. The first-order chi connectivity index (χ1) is 9.15. The van der Waals surface area contributed by atoms with E-state index in [1.54, 1.807) is 6.07 Å². The molecule has 0 aliphatic carbocycles. The highest BCUT2D eigenvalue weighted by atomic mass is 16.2. The first kappa shape index (κ1) is 13.8. The van der Waals surface area contributed by atoms with Gasteiger partial charge in [-0.15, -0.1) is 0 Å². The summed E-state index contributed by atoms with van der Waals surface area (Å²) < 4.78 is 0. The Morgan fingerprint density at radius 3 is 2.89 bits per heavy atom. The van der Waals surface area contributed by atoms with Crippen molar-refractivity contribution < 1.29 is 4.79 Å². The molecule has 1 fully saturated rings. The number of nitrogens with one attached hydrogen (secondary N) is 2. The predicted molar refractivity (Wildman–Crippen MR) is 74.2 cm³/mol. The number of nitrogens with zero attached hydrogens (tertiary/aromatic N) is 1. The fourth-order valence-electron chi connectivity index (χ4n) is 2.43. The van der Waals surface area contributed by atoms with Crippen molar-refractivity contribution >= 4 is 5.91 Å². The van der Waals surface area contributed by atoms with Crippen molar-refractivity contribution in [2.24, 2.45) is 5.92 Å². The van der Waals surface area contributed by atoms with Gasteiger partial charge in [0.1, 0.15) is 0 Å². The van der Waals surface area contributed by atoms with Crippen LogP contribution >= 0.6 is 0 Å². The molecule has 1 aliphatic heterocycles. The number of likely N-dealkylation sites (tertiary alicyclic amines) is 1. The topological polar surface area (TPSA) is 65.2 Å². The number of amides is 1. The molecule has 104 valence electrons. The fourth-order valence-corrected chi connectivity index (χ4v) is 2.43. The van der Waals surface area contributed by atoms with Gasteiger partial charge in [0.25, 0.3) is 5.91 Å². The van der Waals surface area contributed by atoms with E-state index in [1.165, 1.54) is 25.1 Å². The summed E-state index contributed by atoms with van der Waals surface area (Å²) in [6.07, 6.45) is 4.92. The van der Waals surface area contributed by atoms with Crippen LogP contribution in [-0.4, -0.2) is 42.5 Å². The van der Waals surface area contributed by atoms with E-state index in [0.717, 1.165) is 19.5 Å². The number of aromatic nitrogens is 1. The van der Waals surface area contributed by atoms with E-state index >= 15 is 0 Å². The van der Waals surface area contributed by atoms with Crippen LogP contribution in [0.25, 0.3) is 0 Å². The molecule has 5 heteroatoms. The minimum Gasteiger partial charge on any atom is -0.352 e. The second-order valence-corrected chi connectivity index (χ2v) is 5.23. The molecule has 0 atom stereocenters. The van der Waals surface area contributed by atoms with Crippen molar-refractivity contribution in [3.63, 3.8) is 0 Å². The number of pyridine rings is 1. The lowest BCUT2D eigenvalue weighted by molar-refractivity contribution is 0.0948. The molecule has 1 aromatic heterocycles. The summed E-state index contributed by atoms with van der Waals surface area (Å²) in [6, 6.07) is 2.94. The molecule has 0 radical (unpaired) electrons. The van der Waals surface area contributed by atoms with Crippen molar-refractivity contribution in [1.29, 1.82) is 0 Å². The Bertz CT molecular complexity index is 476. The maximum absolute atomic E-state index is 11.8. The Kier molecular flexibility index (Phi) is 4.74. The van der Waals surface area contributed by atoms with Crippen LogP contribution in [0.2, 0.25) is 0 Å². The second-order valence-electron chi connectivity index (χ2n) is 5.23. The second kappa shape index (κ2) is 6.52. The Hall–Kier alpha value is -1.62. The smallest absolute Gasteiger partial charge is 0.251 e. The van der Waals surface area contributed by atoms with Crippen molar-refractivity contribution in [2.45, 2.75) is 19.3 Å². The van der Waals surface area contributed by atoms with Gasteiger partial charge in [-0.1, -0.05) is 0 Å². The molecular formula is C14H21N3O2. The molecule has 2 rings (SSSR count). The lowest BCUT2D eigenvalue weighted by Gasteiger charge is -2.28. The summed E-state index contributed by atoms with van der Waals surface area (Å²) in [5.41, 5.74) is 0.176. The van der Waals surface area contributed by atoms with Crippen LogP contribution in [0.3, 0.4) is 0 Å². The highest BCUT2D eigenvalue weighted by Crippen LogP contribution is 2.18. The van der Waals surface area contributed by atoms with Crippen molar-refractivity contribution in [3.05, 3.63) is 34.2 Å². The molecular weight excluding hydrogens is 242 g/mol. The van der Waals surface area contributed by atoms with E-state index in [4.69, 9.17) is 0 Å². The normalized spacial score (nSPS) is 17.3. The predicted octanol–water partition coefficient (Wildman–Crippen LogP) is 0.837. The number of rotatable bonds is 4. The summed E-state index contributed by atoms with van der Waals surface area (Å²) in [5.74, 6) is 0.537. The molecule has 19 heavy (non-hydrogen) atoms. The monoisotopic (exact) mass is 263 g/mol. The van der Waals surface area contributed by atoms with E-state index in [2.05, 4.69) is 22.2 Å². The Morgan fingerprint density at radius 2 is 2.21 bits per heavy atom. The number of carbonyl (C=O) groups is 1. The number of aromatic amines is 1. The van der Waals surface area contributed by atoms with Crippen LogP contribution in [0.5, 0.6) is 0 Å². The maximum Gasteiger partial charge on any atom is 0.251 e. The molecule has 1 saturated heterocycles. The van der Waals surface area contributed by atoms with E-state index in [9.17, 15) is 9.59 Å². The largest absolute Gasteiger partial charge is 0.352 e. The number of piperidine rings is 1. The summed E-state index contributed by atoms with van der Waals surface area (Å²) in [7, 11) is 2.14. The molecule has 2 heterocycles. The fraction of sp³-hybridized carbons (Fsp3) is 0.571. The van der Waals surface area contributed by atoms with Gasteiger partial charge in [-0.25, -0.2) is 0 Å². The molecule has 0 bridgehead atoms. The minimum atomic E-state index is -0.247. The molecule has 0 saturated carbocycles. The average molecular weight is 263 g/mol. The van der Waals surface area contributed by atoms with Gasteiger partial charge in [-0.2, -0.15) is 0 Å². The quantitative estimate of drug-likeness (QED) is 0.846. The molecule has 1 aromatic rings. The van der Waals surface area contributed by atoms with Crippen LogP contribution in [-0.2, 0) is 0 Å². The van der Waals surface area contributed by atoms with Gasteiger partial charge in [-0.05, 0) is 51.4 Å². The zero-order valence-electron chi connectivity index (χ0n) is 11.3. The lowest BCUT2D eigenvalue weighted by Crippen LogP contribution is -2.32. The Labute approximate surface area is 113 Å². The van der Waals surface area contributed by atoms with Crippen LogP contribution in [0.15, 0.2) is 23.1 Å². The third kappa shape index (κ3) is 4.21. The summed E-state index contributed by atoms with van der Waals surface area (Å²) in [6.45, 7) is 2.97. The lowest BCUT2D eigenvalue weighted by atomic mass is 9.94. The van der Waals surface area contributed by atoms with Gasteiger partial charge < -0.3 is 15.2 Å². The summed E-state index contributed by atoms with van der Waals surface area (Å²) >= 11 is 0. The Morgan fingerprint density at radius 1 is 1.47 bits per heavy atom. The van der Waals surface area contributed by atoms with Gasteiger partial charge in [-0.3, -0.25) is 9.59 Å². The SMILES string of the molecule is CN1CCC(CCNC(=O)c2cc[nH]c(=O)c2)CC1. The zero-order chi connectivity index (χ0) is 13.7. The van der Waals surface area contributed by atoms with Gasteiger partial charge >= 0.3 is 0 Å². The third-order valence-electron chi connectivity index (χ3n) is 3.71. The standard InChI is InChI=1S/C14H21N3O2/c1-17-8-4-11(5-9-17)2-6-16-14(19)12-3-7-15-13(18)10-12/h3,7,10-11H,2,4-6,8-9H2,1H3,(H,15,18)(H,16,19). The molecule has 0 spiro atoms. The number of carbonyl (C=O) groups excluding carboxylic acids is 1. The molecule has 2 N–H and O–H groups in total. The molecule has 5 nitrogen and oxygen atoms in total. The van der Waals surface area contributed by atoms with Crippen LogP contribution in [0, 0.1) is 5.92 Å². The molecule has 1 amide bonds. The van der Waals surface area contributed by atoms with Crippen molar-refractivity contribution in [3.8, 4) is 0 Å². The highest BCUT2D eigenvalue weighted by Gasteiger charge is 2.16. The van der Waals surface area contributed by atoms with Crippen LogP contribution in [0.1, 0.15) is 29.6 Å². The first-order valence-corrected chi connectivity index (χ1v) is 6.80. The van der Waals surface area contributed by atoms with E-state index in [0.29, 0.717) is 18.0 Å². The Balaban J connectivity index is 1.74. The number of hydrogen-bond acceptors (Lipinski definition) is 3. The van der Waals surface area contributed by atoms with Gasteiger partial charge in [0.05, 0.1) is 0 Å². The van der Waals surface area contributed by atoms with Crippen molar-refractivity contribution in [2.75, 3.05) is 26.7 Å². The number of H-pyrrole nitrogens is 1. The third-order valence-corrected chi connectivity index (χ3v) is 3.71. The van der Waals surface area contributed by atoms with E-state index in [1.807, 2.05) is 0 Å². The first-order valence-electron chi connectivity index (χ1n) is 6.80. The van der Waals surface area contributed by atoms with Gasteiger partial charge in [0.2, 0.25) is 5.56 Å². The average Bonchev–Trinajstić information content (AvgIpc) is 2.41. The van der Waals surface area contributed by atoms with Crippen LogP contribution < -0.4 is 10.9 Å². The molecule has 0 aromatic carbocycles. The van der Waals surface area contributed by atoms with E-state index in [-0.39, 0.29) is 11.5 Å². The number of hydrogen-bond donors (Lipinski definition) is 2. The highest BCUT2D eigenvalue weighted by molar-refractivity contribution is 5.93. The summed E-state index contributed by atoms with van der Waals surface area (Å²) in [4.78, 5) is 27.8. The van der Waals surface area contributed by atoms with Crippen molar-refractivity contribution in [1.82, 2.24) is 15.2 Å². The molecule has 1 aliphatic rings.